The van der Waals surface area contributed by atoms with E-state index in [0.29, 0.717) is 19.6 Å². The molecule has 2 aliphatic rings. The molecule has 4 unspecified atom stereocenters. The second-order valence-corrected chi connectivity index (χ2v) is 5.77. The van der Waals surface area contributed by atoms with Gasteiger partial charge in [-0.1, -0.05) is 6.08 Å². The van der Waals surface area contributed by atoms with Crippen LogP contribution in [0.4, 0.5) is 0 Å². The minimum absolute atomic E-state index is 0.0434. The SMILES string of the molecule is O=C1C=CCN1CCCCN1CC(O)C(O)C(O)C(O)C1. The Kier molecular flexibility index (Phi) is 5.72. The van der Waals surface area contributed by atoms with Gasteiger partial charge >= 0.3 is 0 Å². The van der Waals surface area contributed by atoms with E-state index >= 15 is 0 Å². The Balaban J connectivity index is 1.71. The molecule has 0 radical (unpaired) electrons. The second-order valence-electron chi connectivity index (χ2n) is 5.77. The van der Waals surface area contributed by atoms with E-state index in [1.54, 1.807) is 11.0 Å². The van der Waals surface area contributed by atoms with Crippen molar-refractivity contribution in [3.63, 3.8) is 0 Å². The fraction of sp³-hybridized carbons (Fsp3) is 0.786. The summed E-state index contributed by atoms with van der Waals surface area (Å²) in [6.07, 6.45) is 0.285. The molecule has 0 saturated carbocycles. The Morgan fingerprint density at radius 2 is 1.57 bits per heavy atom. The van der Waals surface area contributed by atoms with E-state index < -0.39 is 24.4 Å². The third-order valence-corrected chi connectivity index (χ3v) is 4.08. The lowest BCUT2D eigenvalue weighted by molar-refractivity contribution is -0.124. The fourth-order valence-electron chi connectivity index (χ4n) is 2.77. The van der Waals surface area contributed by atoms with Crippen molar-refractivity contribution in [3.8, 4) is 0 Å². The van der Waals surface area contributed by atoms with Crippen LogP contribution in [0.25, 0.3) is 0 Å². The first-order valence-electron chi connectivity index (χ1n) is 7.39. The highest BCUT2D eigenvalue weighted by atomic mass is 16.4. The molecule has 0 aromatic rings. The molecule has 120 valence electrons. The van der Waals surface area contributed by atoms with E-state index in [2.05, 4.69) is 0 Å². The first-order chi connectivity index (χ1) is 9.99. The standard InChI is InChI=1S/C14H24N2O5/c17-10-8-15(9-11(18)14(21)13(10)20)5-1-2-6-16-7-3-4-12(16)19/h3-4,10-11,13-14,17-18,20-21H,1-2,5-9H2. The average Bonchev–Trinajstić information content (AvgIpc) is 2.83. The van der Waals surface area contributed by atoms with Crippen molar-refractivity contribution in [2.45, 2.75) is 37.3 Å². The molecule has 2 aliphatic heterocycles. The largest absolute Gasteiger partial charge is 0.389 e. The van der Waals surface area contributed by atoms with E-state index in [1.165, 1.54) is 0 Å². The molecule has 4 N–H and O–H groups in total. The molecule has 0 aromatic heterocycles. The molecule has 0 aliphatic carbocycles. The number of nitrogens with zero attached hydrogens (tertiary/aromatic N) is 2. The van der Waals surface area contributed by atoms with Crippen molar-refractivity contribution in [2.24, 2.45) is 0 Å². The quantitative estimate of drug-likeness (QED) is 0.435. The van der Waals surface area contributed by atoms with Crippen LogP contribution in [0.5, 0.6) is 0 Å². The summed E-state index contributed by atoms with van der Waals surface area (Å²) in [5.74, 6) is 0.0434. The maximum absolute atomic E-state index is 11.4. The van der Waals surface area contributed by atoms with Crippen LogP contribution in [-0.2, 0) is 4.79 Å². The van der Waals surface area contributed by atoms with Gasteiger partial charge in [0.15, 0.2) is 0 Å². The van der Waals surface area contributed by atoms with E-state index in [9.17, 15) is 25.2 Å². The predicted molar refractivity (Wildman–Crippen MR) is 75.4 cm³/mol. The van der Waals surface area contributed by atoms with E-state index in [1.807, 2.05) is 11.0 Å². The van der Waals surface area contributed by atoms with Crippen molar-refractivity contribution in [1.29, 1.82) is 0 Å². The number of hydrogen-bond donors (Lipinski definition) is 4. The molecule has 21 heavy (non-hydrogen) atoms. The molecule has 1 amide bonds. The summed E-state index contributed by atoms with van der Waals surface area (Å²) < 4.78 is 0. The Labute approximate surface area is 124 Å². The molecule has 7 heteroatoms. The summed E-state index contributed by atoms with van der Waals surface area (Å²) in [4.78, 5) is 15.0. The number of β-amino-alcohol motifs (C(OH)–C–C–N with tert-alkyl or cyclic N) is 2. The zero-order valence-electron chi connectivity index (χ0n) is 12.0. The lowest BCUT2D eigenvalue weighted by Crippen LogP contribution is -2.43. The Morgan fingerprint density at radius 1 is 1.00 bits per heavy atom. The summed E-state index contributed by atoms with van der Waals surface area (Å²) in [6, 6.07) is 0. The number of rotatable bonds is 5. The van der Waals surface area contributed by atoms with Crippen LogP contribution in [0.1, 0.15) is 12.8 Å². The number of amides is 1. The zero-order chi connectivity index (χ0) is 15.4. The summed E-state index contributed by atoms with van der Waals surface area (Å²) >= 11 is 0. The van der Waals surface area contributed by atoms with Crippen LogP contribution in [0.15, 0.2) is 12.2 Å². The smallest absolute Gasteiger partial charge is 0.246 e. The van der Waals surface area contributed by atoms with E-state index in [4.69, 9.17) is 0 Å². The third kappa shape index (κ3) is 4.24. The van der Waals surface area contributed by atoms with Gasteiger partial charge < -0.3 is 25.3 Å². The van der Waals surface area contributed by atoms with Gasteiger partial charge in [-0.15, -0.1) is 0 Å². The predicted octanol–water partition coefficient (Wildman–Crippen LogP) is -2.08. The van der Waals surface area contributed by atoms with Gasteiger partial charge in [0.1, 0.15) is 12.2 Å². The fourth-order valence-corrected chi connectivity index (χ4v) is 2.77. The number of hydrogen-bond acceptors (Lipinski definition) is 6. The molecule has 0 aromatic carbocycles. The Hall–Kier alpha value is -0.990. The van der Waals surface area contributed by atoms with Crippen molar-refractivity contribution in [1.82, 2.24) is 9.80 Å². The highest BCUT2D eigenvalue weighted by molar-refractivity contribution is 5.89. The Bertz CT molecular complexity index is 374. The highest BCUT2D eigenvalue weighted by Gasteiger charge is 2.35. The number of likely N-dealkylation sites (tertiary alicyclic amines) is 1. The van der Waals surface area contributed by atoms with Gasteiger partial charge in [-0.3, -0.25) is 9.69 Å². The molecular formula is C14H24N2O5. The maximum Gasteiger partial charge on any atom is 0.246 e. The monoisotopic (exact) mass is 300 g/mol. The first kappa shape index (κ1) is 16.4. The van der Waals surface area contributed by atoms with E-state index in [-0.39, 0.29) is 19.0 Å². The minimum Gasteiger partial charge on any atom is -0.389 e. The summed E-state index contributed by atoms with van der Waals surface area (Å²) in [6.45, 7) is 2.44. The van der Waals surface area contributed by atoms with Crippen molar-refractivity contribution in [3.05, 3.63) is 12.2 Å². The number of aliphatic hydroxyl groups excluding tert-OH is 4. The van der Waals surface area contributed by atoms with E-state index in [0.717, 1.165) is 12.8 Å². The van der Waals surface area contributed by atoms with Gasteiger partial charge in [-0.25, -0.2) is 0 Å². The van der Waals surface area contributed by atoms with Crippen LogP contribution in [0, 0.1) is 0 Å². The molecule has 0 spiro atoms. The lowest BCUT2D eigenvalue weighted by Gasteiger charge is -2.23. The number of aliphatic hydroxyl groups is 4. The van der Waals surface area contributed by atoms with Crippen molar-refractivity contribution in [2.75, 3.05) is 32.7 Å². The topological polar surface area (TPSA) is 104 Å². The molecule has 2 rings (SSSR count). The van der Waals surface area contributed by atoms with Gasteiger partial charge in [-0.2, -0.15) is 0 Å². The molecule has 7 nitrogen and oxygen atoms in total. The Morgan fingerprint density at radius 3 is 2.10 bits per heavy atom. The van der Waals surface area contributed by atoms with Crippen LogP contribution < -0.4 is 0 Å². The zero-order valence-corrected chi connectivity index (χ0v) is 12.0. The molecule has 2 heterocycles. The maximum atomic E-state index is 11.4. The lowest BCUT2D eigenvalue weighted by atomic mass is 10.1. The van der Waals surface area contributed by atoms with Gasteiger partial charge in [0.2, 0.25) is 5.91 Å². The summed E-state index contributed by atoms with van der Waals surface area (Å²) in [7, 11) is 0. The highest BCUT2D eigenvalue weighted by Crippen LogP contribution is 2.14. The van der Waals surface area contributed by atoms with Crippen molar-refractivity contribution < 1.29 is 25.2 Å². The van der Waals surface area contributed by atoms with Crippen LogP contribution in [0.3, 0.4) is 0 Å². The first-order valence-corrected chi connectivity index (χ1v) is 7.39. The molecule has 1 saturated heterocycles. The van der Waals surface area contributed by atoms with Crippen LogP contribution in [0.2, 0.25) is 0 Å². The second kappa shape index (κ2) is 7.33. The molecular weight excluding hydrogens is 276 g/mol. The number of unbranched alkanes of at least 4 members (excludes halogenated alkanes) is 1. The summed E-state index contributed by atoms with van der Waals surface area (Å²) in [5.41, 5.74) is 0. The van der Waals surface area contributed by atoms with Gasteiger partial charge in [0, 0.05) is 32.3 Å². The molecule has 1 fully saturated rings. The van der Waals surface area contributed by atoms with Crippen LogP contribution >= 0.6 is 0 Å². The molecule has 4 atom stereocenters. The average molecular weight is 300 g/mol. The summed E-state index contributed by atoms with van der Waals surface area (Å²) in [5, 5.41) is 38.8. The minimum atomic E-state index is -1.32. The van der Waals surface area contributed by atoms with Crippen LogP contribution in [-0.4, -0.2) is 93.3 Å². The molecule has 0 bridgehead atoms. The third-order valence-electron chi connectivity index (χ3n) is 4.08. The number of carbonyl (C=O) groups is 1. The van der Waals surface area contributed by atoms with Gasteiger partial charge in [0.25, 0.3) is 0 Å². The van der Waals surface area contributed by atoms with Crippen molar-refractivity contribution >= 4 is 5.91 Å². The van der Waals surface area contributed by atoms with Gasteiger partial charge in [-0.05, 0) is 19.4 Å². The van der Waals surface area contributed by atoms with Gasteiger partial charge in [0.05, 0.1) is 12.2 Å². The normalized spacial score (nSPS) is 34.5. The number of carbonyl (C=O) groups excluding carboxylic acids is 1.